The molecule has 29 heavy (non-hydrogen) atoms. The van der Waals surface area contributed by atoms with Crippen LogP contribution in [0.15, 0.2) is 66.3 Å². The Kier molecular flexibility index (Phi) is 5.69. The number of rotatable bonds is 7. The Hall–Kier alpha value is -3.03. The van der Waals surface area contributed by atoms with Crippen LogP contribution in [0.5, 0.6) is 5.75 Å². The Morgan fingerprint density at radius 3 is 2.66 bits per heavy atom. The first-order chi connectivity index (χ1) is 14.1. The fraction of sp³-hybridized carbons (Fsp3) is 0.182. The van der Waals surface area contributed by atoms with E-state index in [9.17, 15) is 4.39 Å². The maximum absolute atomic E-state index is 14.8. The molecule has 0 N–H and O–H groups in total. The van der Waals surface area contributed by atoms with E-state index in [1.54, 1.807) is 34.3 Å². The van der Waals surface area contributed by atoms with Gasteiger partial charge >= 0.3 is 0 Å². The molecule has 4 aromatic rings. The molecule has 2 heterocycles. The molecule has 0 aliphatic rings. The second-order valence-corrected chi connectivity index (χ2v) is 7.71. The molecule has 0 unspecified atom stereocenters. The fourth-order valence-corrected chi connectivity index (χ4v) is 3.88. The van der Waals surface area contributed by atoms with Gasteiger partial charge in [0.25, 0.3) is 0 Å². The van der Waals surface area contributed by atoms with Crippen molar-refractivity contribution in [1.29, 1.82) is 0 Å². The smallest absolute Gasteiger partial charge is 0.136 e. The number of benzene rings is 2. The van der Waals surface area contributed by atoms with E-state index in [1.807, 2.05) is 49.0 Å². The standard InChI is InChI=1S/C22H21FN4OS/c1-26(15-21-24-10-11-29-21)13-16-14-27(17-6-4-3-5-7-17)25-22(16)19-9-8-18(28-2)12-20(19)23/h3-12,14H,13,15H2,1-2H3. The van der Waals surface area contributed by atoms with Gasteiger partial charge in [-0.3, -0.25) is 4.90 Å². The van der Waals surface area contributed by atoms with E-state index in [-0.39, 0.29) is 5.82 Å². The van der Waals surface area contributed by atoms with E-state index in [1.165, 1.54) is 13.2 Å². The number of hydrogen-bond acceptors (Lipinski definition) is 5. The Morgan fingerprint density at radius 2 is 1.97 bits per heavy atom. The van der Waals surface area contributed by atoms with Crippen LogP contribution in [0.2, 0.25) is 0 Å². The third-order valence-corrected chi connectivity index (χ3v) is 5.34. The van der Waals surface area contributed by atoms with Gasteiger partial charge in [0.1, 0.15) is 22.3 Å². The van der Waals surface area contributed by atoms with Crippen LogP contribution in [-0.2, 0) is 13.1 Å². The zero-order valence-corrected chi connectivity index (χ0v) is 17.1. The molecule has 148 valence electrons. The van der Waals surface area contributed by atoms with Crippen molar-refractivity contribution in [3.63, 3.8) is 0 Å². The Morgan fingerprint density at radius 1 is 1.14 bits per heavy atom. The molecular weight excluding hydrogens is 387 g/mol. The average Bonchev–Trinajstić information content (AvgIpc) is 3.38. The highest BCUT2D eigenvalue weighted by Gasteiger charge is 2.18. The van der Waals surface area contributed by atoms with Crippen LogP contribution in [0.3, 0.4) is 0 Å². The molecule has 2 aromatic heterocycles. The fourth-order valence-electron chi connectivity index (χ4n) is 3.19. The molecule has 0 aliphatic heterocycles. The molecule has 0 bridgehead atoms. The van der Waals surface area contributed by atoms with Crippen LogP contribution in [0.1, 0.15) is 10.6 Å². The lowest BCUT2D eigenvalue weighted by atomic mass is 10.1. The lowest BCUT2D eigenvalue weighted by molar-refractivity contribution is 0.319. The largest absolute Gasteiger partial charge is 0.497 e. The summed E-state index contributed by atoms with van der Waals surface area (Å²) in [6.07, 6.45) is 3.77. The molecule has 0 spiro atoms. The summed E-state index contributed by atoms with van der Waals surface area (Å²) in [6, 6.07) is 14.7. The number of methoxy groups -OCH3 is 1. The van der Waals surface area contributed by atoms with Gasteiger partial charge in [0, 0.05) is 41.5 Å². The number of ether oxygens (including phenoxy) is 1. The summed E-state index contributed by atoms with van der Waals surface area (Å²) in [4.78, 5) is 6.50. The first-order valence-electron chi connectivity index (χ1n) is 9.19. The van der Waals surface area contributed by atoms with E-state index in [2.05, 4.69) is 9.88 Å². The first-order valence-corrected chi connectivity index (χ1v) is 10.1. The number of aromatic nitrogens is 3. The summed E-state index contributed by atoms with van der Waals surface area (Å²) in [6.45, 7) is 1.34. The normalized spacial score (nSPS) is 11.2. The molecule has 0 atom stereocenters. The molecule has 0 amide bonds. The minimum absolute atomic E-state index is 0.355. The summed E-state index contributed by atoms with van der Waals surface area (Å²) < 4.78 is 21.7. The molecular formula is C22H21FN4OS. The van der Waals surface area contributed by atoms with Gasteiger partial charge in [0.15, 0.2) is 0 Å². The number of para-hydroxylation sites is 1. The highest BCUT2D eigenvalue weighted by molar-refractivity contribution is 7.09. The minimum Gasteiger partial charge on any atom is -0.497 e. The Labute approximate surface area is 173 Å². The van der Waals surface area contributed by atoms with Gasteiger partial charge in [0.05, 0.1) is 19.3 Å². The first kappa shape index (κ1) is 19.3. The highest BCUT2D eigenvalue weighted by Crippen LogP contribution is 2.29. The number of halogens is 1. The second kappa shape index (κ2) is 8.55. The number of hydrogen-bond donors (Lipinski definition) is 0. The van der Waals surface area contributed by atoms with Crippen molar-refractivity contribution in [2.24, 2.45) is 0 Å². The highest BCUT2D eigenvalue weighted by atomic mass is 32.1. The zero-order chi connectivity index (χ0) is 20.2. The van der Waals surface area contributed by atoms with Gasteiger partial charge in [-0.15, -0.1) is 11.3 Å². The van der Waals surface area contributed by atoms with Gasteiger partial charge in [0.2, 0.25) is 0 Å². The quantitative estimate of drug-likeness (QED) is 0.442. The molecule has 5 nitrogen and oxygen atoms in total. The van der Waals surface area contributed by atoms with E-state index >= 15 is 0 Å². The van der Waals surface area contributed by atoms with Crippen LogP contribution in [0.4, 0.5) is 4.39 Å². The molecule has 0 aliphatic carbocycles. The molecule has 0 saturated carbocycles. The van der Waals surface area contributed by atoms with Crippen LogP contribution in [-0.4, -0.2) is 33.8 Å². The van der Waals surface area contributed by atoms with Crippen molar-refractivity contribution in [3.8, 4) is 22.7 Å². The number of nitrogens with zero attached hydrogens (tertiary/aromatic N) is 4. The SMILES string of the molecule is COc1ccc(-c2nn(-c3ccccc3)cc2CN(C)Cc2nccs2)c(F)c1. The van der Waals surface area contributed by atoms with Crippen LogP contribution < -0.4 is 4.74 Å². The zero-order valence-electron chi connectivity index (χ0n) is 16.2. The number of thiazole rings is 1. The third-order valence-electron chi connectivity index (χ3n) is 4.57. The van der Waals surface area contributed by atoms with Crippen LogP contribution in [0.25, 0.3) is 16.9 Å². The Bertz CT molecular complexity index is 1080. The predicted octanol–water partition coefficient (Wildman–Crippen LogP) is 4.78. The summed E-state index contributed by atoms with van der Waals surface area (Å²) in [5.41, 5.74) is 2.95. The molecule has 0 fully saturated rings. The second-order valence-electron chi connectivity index (χ2n) is 6.73. The molecule has 7 heteroatoms. The van der Waals surface area contributed by atoms with Crippen LogP contribution >= 0.6 is 11.3 Å². The maximum atomic E-state index is 14.8. The van der Waals surface area contributed by atoms with Gasteiger partial charge in [-0.2, -0.15) is 5.10 Å². The van der Waals surface area contributed by atoms with Gasteiger partial charge in [-0.05, 0) is 31.3 Å². The van der Waals surface area contributed by atoms with Crippen molar-refractivity contribution >= 4 is 11.3 Å². The van der Waals surface area contributed by atoms with Gasteiger partial charge in [-0.25, -0.2) is 14.1 Å². The Balaban J connectivity index is 1.71. The van der Waals surface area contributed by atoms with Crippen molar-refractivity contribution in [2.75, 3.05) is 14.2 Å². The summed E-state index contributed by atoms with van der Waals surface area (Å²) in [5.74, 6) is 0.127. The van der Waals surface area contributed by atoms with E-state index < -0.39 is 0 Å². The summed E-state index contributed by atoms with van der Waals surface area (Å²) in [7, 11) is 3.55. The molecule has 0 radical (unpaired) electrons. The maximum Gasteiger partial charge on any atom is 0.136 e. The van der Waals surface area contributed by atoms with E-state index in [4.69, 9.17) is 9.84 Å². The monoisotopic (exact) mass is 408 g/mol. The van der Waals surface area contributed by atoms with Crippen molar-refractivity contribution in [3.05, 3.63) is 82.7 Å². The lowest BCUT2D eigenvalue weighted by Gasteiger charge is -2.15. The van der Waals surface area contributed by atoms with E-state index in [0.717, 1.165) is 22.8 Å². The molecule has 0 saturated heterocycles. The van der Waals surface area contributed by atoms with Crippen molar-refractivity contribution in [1.82, 2.24) is 19.7 Å². The third kappa shape index (κ3) is 4.36. The summed E-state index contributed by atoms with van der Waals surface area (Å²) in [5, 5.41) is 7.72. The topological polar surface area (TPSA) is 43.2 Å². The lowest BCUT2D eigenvalue weighted by Crippen LogP contribution is -2.17. The van der Waals surface area contributed by atoms with Gasteiger partial charge in [-0.1, -0.05) is 18.2 Å². The average molecular weight is 409 g/mol. The van der Waals surface area contributed by atoms with Crippen molar-refractivity contribution < 1.29 is 9.13 Å². The molecule has 4 rings (SSSR count). The van der Waals surface area contributed by atoms with Crippen LogP contribution in [0, 0.1) is 5.82 Å². The predicted molar refractivity (Wildman–Crippen MR) is 113 cm³/mol. The van der Waals surface area contributed by atoms with Gasteiger partial charge < -0.3 is 4.74 Å². The summed E-state index contributed by atoms with van der Waals surface area (Å²) >= 11 is 1.62. The molecule has 2 aromatic carbocycles. The minimum atomic E-state index is -0.355. The van der Waals surface area contributed by atoms with Crippen molar-refractivity contribution in [2.45, 2.75) is 13.1 Å². The van der Waals surface area contributed by atoms with E-state index in [0.29, 0.717) is 23.6 Å².